The third-order valence-corrected chi connectivity index (χ3v) is 3.94. The molecule has 4 heteroatoms. The quantitative estimate of drug-likeness (QED) is 0.786. The van der Waals surface area contributed by atoms with E-state index in [4.69, 9.17) is 17.3 Å². The molecule has 0 radical (unpaired) electrons. The molecule has 0 saturated carbocycles. The molecule has 106 valence electrons. The van der Waals surface area contributed by atoms with Crippen LogP contribution in [0.4, 0.5) is 0 Å². The van der Waals surface area contributed by atoms with Crippen LogP contribution in [-0.2, 0) is 6.54 Å². The van der Waals surface area contributed by atoms with E-state index in [1.54, 1.807) is 6.07 Å². The molecule has 21 heavy (non-hydrogen) atoms. The number of aryl methyl sites for hydroxylation is 1. The molecule has 0 spiro atoms. The summed E-state index contributed by atoms with van der Waals surface area (Å²) >= 11 is 6.01. The van der Waals surface area contributed by atoms with Gasteiger partial charge >= 0.3 is 0 Å². The summed E-state index contributed by atoms with van der Waals surface area (Å²) in [6, 6.07) is 13.5. The maximum absolute atomic E-state index is 11.2. The van der Waals surface area contributed by atoms with Gasteiger partial charge in [0.05, 0.1) is 0 Å². The summed E-state index contributed by atoms with van der Waals surface area (Å²) < 4.78 is 2.16. The number of fused-ring (bicyclic) bond motifs is 1. The second kappa shape index (κ2) is 5.26. The fraction of sp³-hybridized carbons (Fsp3) is 0.118. The van der Waals surface area contributed by atoms with Gasteiger partial charge in [-0.3, -0.25) is 4.79 Å². The van der Waals surface area contributed by atoms with Gasteiger partial charge in [-0.1, -0.05) is 17.7 Å². The normalized spacial score (nSPS) is 11.0. The summed E-state index contributed by atoms with van der Waals surface area (Å²) in [6.45, 7) is 2.74. The minimum atomic E-state index is -0.397. The van der Waals surface area contributed by atoms with Gasteiger partial charge < -0.3 is 10.3 Å². The van der Waals surface area contributed by atoms with E-state index in [0.29, 0.717) is 5.56 Å². The molecule has 0 bridgehead atoms. The molecule has 0 saturated heterocycles. The Morgan fingerprint density at radius 3 is 2.71 bits per heavy atom. The van der Waals surface area contributed by atoms with E-state index in [-0.39, 0.29) is 0 Å². The molecule has 2 N–H and O–H groups in total. The van der Waals surface area contributed by atoms with E-state index < -0.39 is 5.91 Å². The first kappa shape index (κ1) is 13.7. The standard InChI is InChI=1S/C17H15ClN2O/c1-11-8-13(17(19)21)2-3-14(11)10-20-7-6-12-9-15(18)4-5-16(12)20/h2-9H,10H2,1H3,(H2,19,21). The van der Waals surface area contributed by atoms with Gasteiger partial charge in [0.25, 0.3) is 0 Å². The van der Waals surface area contributed by atoms with Crippen molar-refractivity contribution in [3.05, 3.63) is 70.4 Å². The number of benzene rings is 2. The maximum Gasteiger partial charge on any atom is 0.248 e. The van der Waals surface area contributed by atoms with Crippen LogP contribution in [0.2, 0.25) is 5.02 Å². The Morgan fingerprint density at radius 1 is 1.19 bits per heavy atom. The second-order valence-corrected chi connectivity index (χ2v) is 5.59. The number of hydrogen-bond acceptors (Lipinski definition) is 1. The molecular formula is C17H15ClN2O. The molecule has 1 amide bonds. The molecule has 2 aromatic carbocycles. The predicted molar refractivity (Wildman–Crippen MR) is 85.7 cm³/mol. The predicted octanol–water partition coefficient (Wildman–Crippen LogP) is 3.75. The maximum atomic E-state index is 11.2. The number of halogens is 1. The van der Waals surface area contributed by atoms with Gasteiger partial charge in [0.1, 0.15) is 0 Å². The highest BCUT2D eigenvalue weighted by Crippen LogP contribution is 2.22. The van der Waals surface area contributed by atoms with Crippen molar-refractivity contribution in [3.8, 4) is 0 Å². The van der Waals surface area contributed by atoms with E-state index in [1.165, 1.54) is 0 Å². The van der Waals surface area contributed by atoms with E-state index in [2.05, 4.69) is 4.57 Å². The Hall–Kier alpha value is -2.26. The highest BCUT2D eigenvalue weighted by molar-refractivity contribution is 6.31. The van der Waals surface area contributed by atoms with Crippen molar-refractivity contribution >= 4 is 28.4 Å². The number of carbonyl (C=O) groups is 1. The molecule has 1 aromatic heterocycles. The van der Waals surface area contributed by atoms with Gasteiger partial charge in [-0.25, -0.2) is 0 Å². The monoisotopic (exact) mass is 298 g/mol. The lowest BCUT2D eigenvalue weighted by Gasteiger charge is -2.10. The molecule has 0 aliphatic heterocycles. The first-order chi connectivity index (χ1) is 10.0. The van der Waals surface area contributed by atoms with E-state index in [1.807, 2.05) is 49.5 Å². The molecule has 0 aliphatic rings. The highest BCUT2D eigenvalue weighted by Gasteiger charge is 2.07. The number of aromatic nitrogens is 1. The summed E-state index contributed by atoms with van der Waals surface area (Å²) in [4.78, 5) is 11.2. The van der Waals surface area contributed by atoms with Gasteiger partial charge in [-0.15, -0.1) is 0 Å². The average Bonchev–Trinajstić information content (AvgIpc) is 2.83. The second-order valence-electron chi connectivity index (χ2n) is 5.15. The number of nitrogens with zero attached hydrogens (tertiary/aromatic N) is 1. The van der Waals surface area contributed by atoms with Crippen LogP contribution in [0.1, 0.15) is 21.5 Å². The van der Waals surface area contributed by atoms with Gasteiger partial charge in [-0.05, 0) is 54.4 Å². The third kappa shape index (κ3) is 2.65. The Kier molecular flexibility index (Phi) is 3.43. The zero-order chi connectivity index (χ0) is 15.0. The molecule has 0 atom stereocenters. The van der Waals surface area contributed by atoms with Crippen LogP contribution >= 0.6 is 11.6 Å². The molecular weight excluding hydrogens is 284 g/mol. The first-order valence-electron chi connectivity index (χ1n) is 6.68. The molecule has 3 aromatic rings. The van der Waals surface area contributed by atoms with Crippen LogP contribution in [0.3, 0.4) is 0 Å². The number of hydrogen-bond donors (Lipinski definition) is 1. The number of rotatable bonds is 3. The topological polar surface area (TPSA) is 48.0 Å². The fourth-order valence-corrected chi connectivity index (χ4v) is 2.70. The van der Waals surface area contributed by atoms with Crippen molar-refractivity contribution in [2.75, 3.05) is 0 Å². The zero-order valence-electron chi connectivity index (χ0n) is 11.6. The van der Waals surface area contributed by atoms with Crippen LogP contribution in [0.25, 0.3) is 10.9 Å². The molecule has 3 nitrogen and oxygen atoms in total. The number of nitrogens with two attached hydrogens (primary N) is 1. The van der Waals surface area contributed by atoms with Gasteiger partial charge in [0.15, 0.2) is 0 Å². The van der Waals surface area contributed by atoms with E-state index in [9.17, 15) is 4.79 Å². The Morgan fingerprint density at radius 2 is 2.00 bits per heavy atom. The Bertz CT molecular complexity index is 836. The van der Waals surface area contributed by atoms with Crippen molar-refractivity contribution in [1.29, 1.82) is 0 Å². The summed E-state index contributed by atoms with van der Waals surface area (Å²) in [7, 11) is 0. The lowest BCUT2D eigenvalue weighted by atomic mass is 10.0. The first-order valence-corrected chi connectivity index (χ1v) is 7.06. The molecule has 0 unspecified atom stereocenters. The Balaban J connectivity index is 1.97. The van der Waals surface area contributed by atoms with E-state index in [0.717, 1.165) is 33.6 Å². The van der Waals surface area contributed by atoms with Crippen LogP contribution in [-0.4, -0.2) is 10.5 Å². The molecule has 0 aliphatic carbocycles. The average molecular weight is 299 g/mol. The molecule has 0 fully saturated rings. The minimum Gasteiger partial charge on any atom is -0.366 e. The van der Waals surface area contributed by atoms with Crippen molar-refractivity contribution in [2.45, 2.75) is 13.5 Å². The zero-order valence-corrected chi connectivity index (χ0v) is 12.4. The summed E-state index contributed by atoms with van der Waals surface area (Å²) in [5.74, 6) is -0.397. The van der Waals surface area contributed by atoms with Gasteiger partial charge in [0, 0.05) is 34.2 Å². The summed E-state index contributed by atoms with van der Waals surface area (Å²) in [6.07, 6.45) is 2.04. The van der Waals surface area contributed by atoms with Crippen molar-refractivity contribution in [2.24, 2.45) is 5.73 Å². The van der Waals surface area contributed by atoms with Crippen LogP contribution < -0.4 is 5.73 Å². The largest absolute Gasteiger partial charge is 0.366 e. The van der Waals surface area contributed by atoms with Crippen molar-refractivity contribution in [3.63, 3.8) is 0 Å². The van der Waals surface area contributed by atoms with Crippen LogP contribution in [0.15, 0.2) is 48.7 Å². The minimum absolute atomic E-state index is 0.397. The molecule has 3 rings (SSSR count). The van der Waals surface area contributed by atoms with Crippen molar-refractivity contribution in [1.82, 2.24) is 4.57 Å². The fourth-order valence-electron chi connectivity index (χ4n) is 2.52. The number of carbonyl (C=O) groups excluding carboxylic acids is 1. The third-order valence-electron chi connectivity index (χ3n) is 3.70. The molecule has 1 heterocycles. The van der Waals surface area contributed by atoms with E-state index >= 15 is 0 Å². The highest BCUT2D eigenvalue weighted by atomic mass is 35.5. The van der Waals surface area contributed by atoms with Gasteiger partial charge in [-0.2, -0.15) is 0 Å². The lowest BCUT2D eigenvalue weighted by molar-refractivity contribution is 0.1000. The number of primary amides is 1. The summed E-state index contributed by atoms with van der Waals surface area (Å²) in [5.41, 5.74) is 9.20. The number of amides is 1. The smallest absolute Gasteiger partial charge is 0.248 e. The van der Waals surface area contributed by atoms with Crippen molar-refractivity contribution < 1.29 is 4.79 Å². The lowest BCUT2D eigenvalue weighted by Crippen LogP contribution is -2.11. The van der Waals surface area contributed by atoms with Crippen LogP contribution in [0, 0.1) is 6.92 Å². The SMILES string of the molecule is Cc1cc(C(N)=O)ccc1Cn1ccc2cc(Cl)ccc21. The Labute approximate surface area is 127 Å². The van der Waals surface area contributed by atoms with Gasteiger partial charge in [0.2, 0.25) is 5.91 Å². The van der Waals surface area contributed by atoms with Crippen LogP contribution in [0.5, 0.6) is 0 Å². The summed E-state index contributed by atoms with van der Waals surface area (Å²) in [5, 5.41) is 1.86.